The number of rotatable bonds is 3. The van der Waals surface area contributed by atoms with Gasteiger partial charge in [-0.05, 0) is 57.5 Å². The largest absolute Gasteiger partial charge is 0.492 e. The highest BCUT2D eigenvalue weighted by atomic mass is 19.1. The summed E-state index contributed by atoms with van der Waals surface area (Å²) in [5.41, 5.74) is -0.749. The van der Waals surface area contributed by atoms with Crippen molar-refractivity contribution in [3.8, 4) is 5.75 Å². The van der Waals surface area contributed by atoms with Gasteiger partial charge >= 0.3 is 6.09 Å². The number of hydrogen-bond acceptors (Lipinski definition) is 4. The van der Waals surface area contributed by atoms with Gasteiger partial charge in [-0.2, -0.15) is 0 Å². The standard InChI is InChI=1S/C22H24FNO4/c1-21(2,3)28-20(26)24-18(14-9-11-15(23)12-10-14)22(4)13-27-17-8-6-5-7-16(17)19(22)25/h5-12,18H,13H2,1-4H3,(H,24,26)/t18-,22+/m0/s1. The van der Waals surface area contributed by atoms with Crippen LogP contribution in [0.25, 0.3) is 0 Å². The molecule has 0 radical (unpaired) electrons. The number of Topliss-reactive ketones (excluding diaryl/α,β-unsaturated/α-hetero) is 1. The number of halogens is 1. The summed E-state index contributed by atoms with van der Waals surface area (Å²) in [6.45, 7) is 7.07. The minimum Gasteiger partial charge on any atom is -0.492 e. The molecule has 2 aromatic carbocycles. The molecule has 2 aromatic rings. The first kappa shape index (κ1) is 19.9. The molecule has 148 valence electrons. The molecule has 0 spiro atoms. The molecule has 28 heavy (non-hydrogen) atoms. The number of alkyl carbamates (subject to hydrolysis) is 1. The van der Waals surface area contributed by atoms with Crippen molar-refractivity contribution >= 4 is 11.9 Å². The van der Waals surface area contributed by atoms with Crippen molar-refractivity contribution in [2.75, 3.05) is 6.61 Å². The van der Waals surface area contributed by atoms with Gasteiger partial charge in [0.1, 0.15) is 23.8 Å². The van der Waals surface area contributed by atoms with Gasteiger partial charge in [-0.3, -0.25) is 4.79 Å². The van der Waals surface area contributed by atoms with E-state index in [9.17, 15) is 14.0 Å². The van der Waals surface area contributed by atoms with E-state index in [0.29, 0.717) is 16.9 Å². The van der Waals surface area contributed by atoms with Gasteiger partial charge in [-0.25, -0.2) is 9.18 Å². The molecule has 6 heteroatoms. The third-order valence-corrected chi connectivity index (χ3v) is 4.68. The predicted molar refractivity (Wildman–Crippen MR) is 103 cm³/mol. The molecule has 0 bridgehead atoms. The summed E-state index contributed by atoms with van der Waals surface area (Å²) >= 11 is 0. The highest BCUT2D eigenvalue weighted by Crippen LogP contribution is 2.42. The molecule has 0 saturated heterocycles. The quantitative estimate of drug-likeness (QED) is 0.834. The van der Waals surface area contributed by atoms with Crippen LogP contribution in [0, 0.1) is 11.2 Å². The maximum absolute atomic E-state index is 13.4. The molecule has 1 aliphatic rings. The number of hydrogen-bond donors (Lipinski definition) is 1. The molecule has 1 heterocycles. The number of amides is 1. The van der Waals surface area contributed by atoms with E-state index in [1.165, 1.54) is 12.1 Å². The Kier molecular flexibility index (Phi) is 5.15. The summed E-state index contributed by atoms with van der Waals surface area (Å²) in [5, 5.41) is 2.80. The minimum absolute atomic E-state index is 0.0701. The lowest BCUT2D eigenvalue weighted by Crippen LogP contribution is -2.50. The molecule has 0 unspecified atom stereocenters. The lowest BCUT2D eigenvalue weighted by Gasteiger charge is -2.40. The van der Waals surface area contributed by atoms with E-state index >= 15 is 0 Å². The van der Waals surface area contributed by atoms with Crippen molar-refractivity contribution < 1.29 is 23.5 Å². The molecule has 1 N–H and O–H groups in total. The fraction of sp³-hybridized carbons (Fsp3) is 0.364. The zero-order valence-corrected chi connectivity index (χ0v) is 16.4. The van der Waals surface area contributed by atoms with Crippen LogP contribution in [0.15, 0.2) is 48.5 Å². The third kappa shape index (κ3) is 4.01. The molecule has 5 nitrogen and oxygen atoms in total. The van der Waals surface area contributed by atoms with Crippen LogP contribution in [0.5, 0.6) is 5.75 Å². The second-order valence-corrected chi connectivity index (χ2v) is 8.16. The average molecular weight is 385 g/mol. The van der Waals surface area contributed by atoms with Crippen LogP contribution in [-0.4, -0.2) is 24.1 Å². The average Bonchev–Trinajstić information content (AvgIpc) is 2.63. The van der Waals surface area contributed by atoms with Gasteiger partial charge in [0.15, 0.2) is 5.78 Å². The van der Waals surface area contributed by atoms with Crippen LogP contribution < -0.4 is 10.1 Å². The molecule has 2 atom stereocenters. The van der Waals surface area contributed by atoms with Gasteiger partial charge in [-0.15, -0.1) is 0 Å². The number of ether oxygens (including phenoxy) is 2. The lowest BCUT2D eigenvalue weighted by atomic mass is 9.72. The Balaban J connectivity index is 2.00. The fourth-order valence-electron chi connectivity index (χ4n) is 3.29. The zero-order chi connectivity index (χ0) is 20.5. The summed E-state index contributed by atoms with van der Waals surface area (Å²) in [4.78, 5) is 25.8. The highest BCUT2D eigenvalue weighted by molar-refractivity contribution is 6.04. The molecule has 0 fully saturated rings. The molecule has 1 amide bonds. The number of para-hydroxylation sites is 1. The number of carbonyl (C=O) groups excluding carboxylic acids is 2. The number of ketones is 1. The lowest BCUT2D eigenvalue weighted by molar-refractivity contribution is 0.0353. The second kappa shape index (κ2) is 7.26. The van der Waals surface area contributed by atoms with Crippen molar-refractivity contribution in [1.82, 2.24) is 5.32 Å². The van der Waals surface area contributed by atoms with E-state index in [2.05, 4.69) is 5.32 Å². The van der Waals surface area contributed by atoms with Gasteiger partial charge in [-0.1, -0.05) is 24.3 Å². The van der Waals surface area contributed by atoms with Crippen LogP contribution in [0.2, 0.25) is 0 Å². The summed E-state index contributed by atoms with van der Waals surface area (Å²) in [6.07, 6.45) is -0.658. The third-order valence-electron chi connectivity index (χ3n) is 4.68. The summed E-state index contributed by atoms with van der Waals surface area (Å²) < 4.78 is 24.7. The fourth-order valence-corrected chi connectivity index (χ4v) is 3.29. The Hall–Kier alpha value is -2.89. The van der Waals surface area contributed by atoms with E-state index in [4.69, 9.17) is 9.47 Å². The molecule has 0 aromatic heterocycles. The zero-order valence-electron chi connectivity index (χ0n) is 16.4. The van der Waals surface area contributed by atoms with Crippen LogP contribution in [0.1, 0.15) is 49.7 Å². The minimum atomic E-state index is -1.09. The second-order valence-electron chi connectivity index (χ2n) is 8.16. The van der Waals surface area contributed by atoms with Crippen molar-refractivity contribution in [3.05, 3.63) is 65.5 Å². The Morgan fingerprint density at radius 1 is 1.18 bits per heavy atom. The van der Waals surface area contributed by atoms with E-state index in [1.807, 2.05) is 0 Å². The SMILES string of the molecule is CC(C)(C)OC(=O)N[C@@H](c1ccc(F)cc1)[C@@]1(C)COc2ccccc2C1=O. The summed E-state index contributed by atoms with van der Waals surface area (Å²) in [6, 6.07) is 11.9. The van der Waals surface area contributed by atoms with Crippen LogP contribution in [0.4, 0.5) is 9.18 Å². The Morgan fingerprint density at radius 3 is 2.46 bits per heavy atom. The van der Waals surface area contributed by atoms with Crippen molar-refractivity contribution in [1.29, 1.82) is 0 Å². The van der Waals surface area contributed by atoms with Gasteiger partial charge < -0.3 is 14.8 Å². The normalized spacial score (nSPS) is 20.0. The van der Waals surface area contributed by atoms with Gasteiger partial charge in [0.25, 0.3) is 0 Å². The van der Waals surface area contributed by atoms with E-state index < -0.39 is 29.0 Å². The predicted octanol–water partition coefficient (Wildman–Crippen LogP) is 4.67. The Bertz CT molecular complexity index is 888. The molecule has 3 rings (SSSR count). The molecule has 0 saturated carbocycles. The van der Waals surface area contributed by atoms with E-state index in [1.54, 1.807) is 64.1 Å². The van der Waals surface area contributed by atoms with Crippen molar-refractivity contribution in [2.45, 2.75) is 39.3 Å². The number of fused-ring (bicyclic) bond motifs is 1. The van der Waals surface area contributed by atoms with Crippen molar-refractivity contribution in [3.63, 3.8) is 0 Å². The van der Waals surface area contributed by atoms with Crippen LogP contribution in [-0.2, 0) is 4.74 Å². The topological polar surface area (TPSA) is 64.6 Å². The first-order valence-electron chi connectivity index (χ1n) is 9.12. The molecule has 1 aliphatic heterocycles. The highest BCUT2D eigenvalue weighted by Gasteiger charge is 2.48. The van der Waals surface area contributed by atoms with E-state index in [-0.39, 0.29) is 12.4 Å². The first-order chi connectivity index (χ1) is 13.1. The number of benzene rings is 2. The van der Waals surface area contributed by atoms with Gasteiger partial charge in [0, 0.05) is 0 Å². The number of nitrogens with one attached hydrogen (secondary N) is 1. The van der Waals surface area contributed by atoms with Crippen molar-refractivity contribution in [2.24, 2.45) is 5.41 Å². The Morgan fingerprint density at radius 2 is 1.82 bits per heavy atom. The smallest absolute Gasteiger partial charge is 0.408 e. The molecular formula is C22H24FNO4. The first-order valence-corrected chi connectivity index (χ1v) is 9.12. The maximum atomic E-state index is 13.4. The van der Waals surface area contributed by atoms with E-state index in [0.717, 1.165) is 0 Å². The van der Waals surface area contributed by atoms with Crippen LogP contribution >= 0.6 is 0 Å². The van der Waals surface area contributed by atoms with Gasteiger partial charge in [0.05, 0.1) is 17.0 Å². The monoisotopic (exact) mass is 385 g/mol. The van der Waals surface area contributed by atoms with Gasteiger partial charge in [0.2, 0.25) is 0 Å². The maximum Gasteiger partial charge on any atom is 0.408 e. The van der Waals surface area contributed by atoms with Crippen LogP contribution in [0.3, 0.4) is 0 Å². The molecular weight excluding hydrogens is 361 g/mol. The summed E-state index contributed by atoms with van der Waals surface area (Å²) in [7, 11) is 0. The number of carbonyl (C=O) groups is 2. The summed E-state index contributed by atoms with van der Waals surface area (Å²) in [5.74, 6) is -0.0404. The Labute approximate surface area is 163 Å². The molecule has 0 aliphatic carbocycles.